The van der Waals surface area contributed by atoms with Gasteiger partial charge in [0.1, 0.15) is 11.6 Å². The zero-order valence-electron chi connectivity index (χ0n) is 25.6. The molecular formula is C32H50N4O4S2. The van der Waals surface area contributed by atoms with E-state index in [1.807, 2.05) is 6.07 Å². The number of hydrogen-bond donors (Lipinski definition) is 2. The van der Waals surface area contributed by atoms with Crippen LogP contribution in [0.3, 0.4) is 0 Å². The monoisotopic (exact) mass is 618 g/mol. The van der Waals surface area contributed by atoms with Gasteiger partial charge in [0.25, 0.3) is 0 Å². The molecule has 1 aromatic rings. The van der Waals surface area contributed by atoms with E-state index in [-0.39, 0.29) is 23.8 Å². The Morgan fingerprint density at radius 2 is 1.79 bits per heavy atom. The van der Waals surface area contributed by atoms with Gasteiger partial charge in [-0.2, -0.15) is 11.8 Å². The van der Waals surface area contributed by atoms with E-state index in [4.69, 9.17) is 4.74 Å². The molecule has 3 aliphatic rings. The summed E-state index contributed by atoms with van der Waals surface area (Å²) in [6, 6.07) is 9.56. The Kier molecular flexibility index (Phi) is 12.9. The van der Waals surface area contributed by atoms with E-state index < -0.39 is 17.7 Å². The third kappa shape index (κ3) is 10.5. The Bertz CT molecular complexity index is 1000. The Balaban J connectivity index is 1.45. The molecule has 8 nitrogen and oxygen atoms in total. The highest BCUT2D eigenvalue weighted by atomic mass is 32.2. The molecule has 2 aliphatic heterocycles. The maximum atomic E-state index is 14.0. The van der Waals surface area contributed by atoms with Gasteiger partial charge in [-0.25, -0.2) is 9.69 Å². The molecular weight excluding hydrogens is 569 g/mol. The number of hydrogen-bond acceptors (Lipinski definition) is 8. The highest BCUT2D eigenvalue weighted by Gasteiger charge is 2.41. The summed E-state index contributed by atoms with van der Waals surface area (Å²) in [5.41, 5.74) is 0.509. The van der Waals surface area contributed by atoms with Gasteiger partial charge in [-0.1, -0.05) is 61.5 Å². The van der Waals surface area contributed by atoms with Crippen LogP contribution in [0.25, 0.3) is 0 Å². The average Bonchev–Trinajstić information content (AvgIpc) is 2.98. The summed E-state index contributed by atoms with van der Waals surface area (Å²) >= 11 is 3.29. The molecule has 1 aromatic carbocycles. The quantitative estimate of drug-likeness (QED) is 0.334. The number of rotatable bonds is 10. The van der Waals surface area contributed by atoms with Gasteiger partial charge in [-0.05, 0) is 70.1 Å². The molecule has 1 saturated carbocycles. The summed E-state index contributed by atoms with van der Waals surface area (Å²) in [4.78, 5) is 45.1. The van der Waals surface area contributed by atoms with E-state index in [1.54, 1.807) is 44.5 Å². The molecule has 2 heterocycles. The minimum Gasteiger partial charge on any atom is -0.443 e. The van der Waals surface area contributed by atoms with Gasteiger partial charge in [0, 0.05) is 43.7 Å². The summed E-state index contributed by atoms with van der Waals surface area (Å²) in [7, 11) is 0. The molecule has 2 saturated heterocycles. The third-order valence-electron chi connectivity index (χ3n) is 8.33. The molecule has 0 spiro atoms. The molecule has 42 heavy (non-hydrogen) atoms. The van der Waals surface area contributed by atoms with Crippen molar-refractivity contribution in [2.75, 3.05) is 36.9 Å². The van der Waals surface area contributed by atoms with Crippen molar-refractivity contribution >= 4 is 41.6 Å². The maximum absolute atomic E-state index is 14.0. The summed E-state index contributed by atoms with van der Waals surface area (Å²) in [6.07, 6.45) is 7.86. The second-order valence-electron chi connectivity index (χ2n) is 13.0. The van der Waals surface area contributed by atoms with Crippen LogP contribution in [0.1, 0.15) is 77.7 Å². The normalized spacial score (nSPS) is 21.8. The van der Waals surface area contributed by atoms with Gasteiger partial charge in [0.2, 0.25) is 11.8 Å². The second-order valence-corrected chi connectivity index (χ2v) is 15.0. The highest BCUT2D eigenvalue weighted by Crippen LogP contribution is 2.28. The summed E-state index contributed by atoms with van der Waals surface area (Å²) in [5.74, 6) is 1.82. The summed E-state index contributed by atoms with van der Waals surface area (Å²) < 4.78 is 8.95. The molecule has 2 unspecified atom stereocenters. The number of imide groups is 1. The molecule has 234 valence electrons. The number of piperidine rings is 1. The van der Waals surface area contributed by atoms with Crippen molar-refractivity contribution in [1.29, 1.82) is 0 Å². The van der Waals surface area contributed by atoms with E-state index in [9.17, 15) is 14.4 Å². The number of nitrogens with zero attached hydrogens (tertiary/aromatic N) is 2. The first-order valence-electron chi connectivity index (χ1n) is 15.7. The van der Waals surface area contributed by atoms with Gasteiger partial charge < -0.3 is 10.1 Å². The van der Waals surface area contributed by atoms with Gasteiger partial charge in [0.15, 0.2) is 0 Å². The van der Waals surface area contributed by atoms with Crippen LogP contribution in [0.15, 0.2) is 30.3 Å². The number of carbonyl (C=O) groups is 3. The predicted molar refractivity (Wildman–Crippen MR) is 172 cm³/mol. The van der Waals surface area contributed by atoms with E-state index in [2.05, 4.69) is 39.2 Å². The fourth-order valence-corrected chi connectivity index (χ4v) is 8.16. The first kappa shape index (κ1) is 33.1. The van der Waals surface area contributed by atoms with Crippen LogP contribution in [0.4, 0.5) is 4.79 Å². The van der Waals surface area contributed by atoms with Crippen molar-refractivity contribution in [1.82, 2.24) is 19.8 Å². The van der Waals surface area contributed by atoms with Gasteiger partial charge in [-0.15, -0.1) is 0 Å². The number of benzene rings is 1. The largest absolute Gasteiger partial charge is 0.443 e. The maximum Gasteiger partial charge on any atom is 0.417 e. The SMILES string of the molecule is CC(C)(C)OC(=O)N(C(=O)C1CCSNC1)C(CSCC1CCCCC1)C(=O)NC1CCN(Cc2ccccc2)CC1. The van der Waals surface area contributed by atoms with Crippen molar-refractivity contribution < 1.29 is 19.1 Å². The average molecular weight is 619 g/mol. The smallest absolute Gasteiger partial charge is 0.417 e. The van der Waals surface area contributed by atoms with E-state index in [0.717, 1.165) is 44.0 Å². The molecule has 3 fully saturated rings. The van der Waals surface area contributed by atoms with Crippen LogP contribution >= 0.6 is 23.7 Å². The van der Waals surface area contributed by atoms with Gasteiger partial charge in [0.05, 0.1) is 5.92 Å². The molecule has 1 aliphatic carbocycles. The lowest BCUT2D eigenvalue weighted by atomic mass is 9.91. The van der Waals surface area contributed by atoms with Crippen molar-refractivity contribution in [3.63, 3.8) is 0 Å². The molecule has 0 radical (unpaired) electrons. The summed E-state index contributed by atoms with van der Waals surface area (Å²) in [6.45, 7) is 8.54. The standard InChI is InChI=1S/C32H50N4O4S2/c1-32(2,3)40-31(39)36(30(38)26-16-19-42-33-20-26)28(23-41-22-25-12-8-5-9-13-25)29(37)34-27-14-17-35(18-15-27)21-24-10-6-4-7-11-24/h4,6-7,10-11,25-28,33H,5,8-9,12-23H2,1-3H3,(H,34,37). The first-order valence-corrected chi connectivity index (χ1v) is 17.9. The van der Waals surface area contributed by atoms with Crippen LogP contribution in [0.5, 0.6) is 0 Å². The number of thioether (sulfide) groups is 1. The number of likely N-dealkylation sites (tertiary alicyclic amines) is 1. The lowest BCUT2D eigenvalue weighted by Gasteiger charge is -2.36. The molecule has 2 N–H and O–H groups in total. The van der Waals surface area contributed by atoms with Gasteiger partial charge in [-0.3, -0.25) is 19.2 Å². The highest BCUT2D eigenvalue weighted by molar-refractivity contribution is 7.99. The van der Waals surface area contributed by atoms with E-state index in [1.165, 1.54) is 42.6 Å². The molecule has 3 amide bonds. The Labute approximate surface area is 261 Å². The fraction of sp³-hybridized carbons (Fsp3) is 0.719. The lowest BCUT2D eigenvalue weighted by molar-refractivity contribution is -0.142. The van der Waals surface area contributed by atoms with Crippen LogP contribution in [-0.2, 0) is 20.9 Å². The number of amides is 3. The van der Waals surface area contributed by atoms with E-state index >= 15 is 0 Å². The molecule has 10 heteroatoms. The van der Waals surface area contributed by atoms with Crippen molar-refractivity contribution in [3.05, 3.63) is 35.9 Å². The van der Waals surface area contributed by atoms with Crippen molar-refractivity contribution in [2.45, 2.75) is 96.4 Å². The van der Waals surface area contributed by atoms with Crippen LogP contribution in [0, 0.1) is 11.8 Å². The minimum absolute atomic E-state index is 0.0127. The fourth-order valence-electron chi connectivity index (χ4n) is 5.97. The van der Waals surface area contributed by atoms with Crippen LogP contribution in [-0.4, -0.2) is 82.3 Å². The van der Waals surface area contributed by atoms with E-state index in [0.29, 0.717) is 24.6 Å². The predicted octanol–water partition coefficient (Wildman–Crippen LogP) is 5.47. The van der Waals surface area contributed by atoms with Crippen LogP contribution < -0.4 is 10.0 Å². The molecule has 2 atom stereocenters. The molecule has 4 rings (SSSR count). The zero-order valence-corrected chi connectivity index (χ0v) is 27.3. The molecule has 0 bridgehead atoms. The second kappa shape index (κ2) is 16.4. The minimum atomic E-state index is -0.905. The number of carbonyl (C=O) groups excluding carboxylic acids is 3. The number of ether oxygens (including phenoxy) is 1. The zero-order chi connectivity index (χ0) is 30.0. The third-order valence-corrected chi connectivity index (χ3v) is 10.4. The summed E-state index contributed by atoms with van der Waals surface area (Å²) in [5, 5.41) is 3.25. The molecule has 0 aromatic heterocycles. The Morgan fingerprint density at radius 3 is 2.43 bits per heavy atom. The Hall–Kier alpha value is -1.75. The Morgan fingerprint density at radius 1 is 1.07 bits per heavy atom. The van der Waals surface area contributed by atoms with Gasteiger partial charge >= 0.3 is 6.09 Å². The van der Waals surface area contributed by atoms with Crippen molar-refractivity contribution in [2.24, 2.45) is 11.8 Å². The first-order chi connectivity index (χ1) is 20.2. The lowest BCUT2D eigenvalue weighted by Crippen LogP contribution is -2.59. The van der Waals surface area contributed by atoms with Crippen molar-refractivity contribution in [3.8, 4) is 0 Å². The van der Waals surface area contributed by atoms with Crippen LogP contribution in [0.2, 0.25) is 0 Å². The topological polar surface area (TPSA) is 91.0 Å². The number of nitrogens with one attached hydrogen (secondary N) is 2.